The minimum atomic E-state index is -4.59. The minimum absolute atomic E-state index is 0.0456. The van der Waals surface area contributed by atoms with Crippen molar-refractivity contribution >= 4 is 0 Å². The second-order valence-corrected chi connectivity index (χ2v) is 15.3. The number of allylic oxidation sites excluding steroid dienone is 4. The third-order valence-corrected chi connectivity index (χ3v) is 12.4. The molecule has 0 aliphatic heterocycles. The molecule has 0 saturated heterocycles. The Morgan fingerprint density at radius 3 is 1.82 bits per heavy atom. The van der Waals surface area contributed by atoms with E-state index in [4.69, 9.17) is 0 Å². The van der Waals surface area contributed by atoms with Crippen molar-refractivity contribution in [2.24, 2.45) is 35.5 Å². The molecule has 4 aliphatic rings. The predicted molar refractivity (Wildman–Crippen MR) is 175 cm³/mol. The maximum Gasteiger partial charge on any atom is 0.412 e. The highest BCUT2D eigenvalue weighted by molar-refractivity contribution is 5.30. The first-order valence-corrected chi connectivity index (χ1v) is 18.6. The summed E-state index contributed by atoms with van der Waals surface area (Å²) in [7, 11) is 0. The lowest BCUT2D eigenvalue weighted by atomic mass is 9.68. The zero-order valence-electron chi connectivity index (χ0n) is 27.6. The summed E-state index contributed by atoms with van der Waals surface area (Å²) in [6, 6.07) is 6.07. The maximum atomic E-state index is 15.5. The van der Waals surface area contributed by atoms with Gasteiger partial charge in [-0.05, 0) is 161 Å². The molecule has 4 saturated carbocycles. The summed E-state index contributed by atoms with van der Waals surface area (Å²) >= 11 is 0. The van der Waals surface area contributed by atoms with Gasteiger partial charge in [-0.3, -0.25) is 0 Å². The lowest BCUT2D eigenvalue weighted by Gasteiger charge is -2.38. The van der Waals surface area contributed by atoms with Crippen molar-refractivity contribution in [1.29, 1.82) is 0 Å². The fourth-order valence-electron chi connectivity index (χ4n) is 9.48. The molecule has 0 bridgehead atoms. The van der Waals surface area contributed by atoms with Crippen molar-refractivity contribution in [3.05, 3.63) is 59.2 Å². The summed E-state index contributed by atoms with van der Waals surface area (Å²) in [5, 5.41) is 0. The molecule has 45 heavy (non-hydrogen) atoms. The van der Waals surface area contributed by atoms with Gasteiger partial charge in [0.1, 0.15) is 11.6 Å². The van der Waals surface area contributed by atoms with Crippen LogP contribution in [0, 0.1) is 41.3 Å². The molecule has 0 heterocycles. The number of rotatable bonds is 10. The lowest BCUT2D eigenvalue weighted by Crippen LogP contribution is -2.26. The Hall–Kier alpha value is -1.65. The van der Waals surface area contributed by atoms with Gasteiger partial charge in [0.05, 0.1) is 6.08 Å². The summed E-state index contributed by atoms with van der Waals surface area (Å²) < 4.78 is 67.1. The molecule has 5 rings (SSSR count). The zero-order valence-corrected chi connectivity index (χ0v) is 27.6. The van der Waals surface area contributed by atoms with E-state index >= 15 is 4.39 Å². The van der Waals surface area contributed by atoms with E-state index in [1.165, 1.54) is 64.2 Å². The molecule has 252 valence electrons. The number of halogens is 5. The van der Waals surface area contributed by atoms with Crippen molar-refractivity contribution in [2.75, 3.05) is 0 Å². The molecule has 0 nitrogen and oxygen atoms in total. The Bertz CT molecular complexity index is 1090. The van der Waals surface area contributed by atoms with E-state index in [-0.39, 0.29) is 17.8 Å². The molecule has 4 fully saturated rings. The van der Waals surface area contributed by atoms with Crippen molar-refractivity contribution in [3.8, 4) is 0 Å². The molecule has 5 heteroatoms. The van der Waals surface area contributed by atoms with Crippen LogP contribution in [0.3, 0.4) is 0 Å². The monoisotopic (exact) mass is 632 g/mol. The summed E-state index contributed by atoms with van der Waals surface area (Å²) in [5.41, 5.74) is 2.02. The van der Waals surface area contributed by atoms with Crippen molar-refractivity contribution in [2.45, 2.75) is 153 Å². The van der Waals surface area contributed by atoms with E-state index in [9.17, 15) is 17.6 Å². The number of unbranched alkanes of at least 4 members (excludes halogenated alkanes) is 2. The molecule has 0 N–H and O–H groups in total. The average Bonchev–Trinajstić information content (AvgIpc) is 3.04. The van der Waals surface area contributed by atoms with Gasteiger partial charge in [0.15, 0.2) is 0 Å². The maximum absolute atomic E-state index is 15.5. The summed E-state index contributed by atoms with van der Waals surface area (Å²) in [5.74, 6) is 2.44. The third-order valence-electron chi connectivity index (χ3n) is 12.4. The first-order valence-electron chi connectivity index (χ1n) is 18.6. The minimum Gasteiger partial charge on any atom is -0.212 e. The normalized spacial score (nSPS) is 33.9. The van der Waals surface area contributed by atoms with Gasteiger partial charge in [0, 0.05) is 5.92 Å². The topological polar surface area (TPSA) is 0 Å². The van der Waals surface area contributed by atoms with Gasteiger partial charge in [0.2, 0.25) is 0 Å². The number of hydrogen-bond acceptors (Lipinski definition) is 0. The van der Waals surface area contributed by atoms with Crippen molar-refractivity contribution in [3.63, 3.8) is 0 Å². The molecule has 0 unspecified atom stereocenters. The molecule has 0 atom stereocenters. The van der Waals surface area contributed by atoms with E-state index < -0.39 is 17.9 Å². The Kier molecular flexibility index (Phi) is 12.7. The Morgan fingerprint density at radius 2 is 1.27 bits per heavy atom. The van der Waals surface area contributed by atoms with Crippen molar-refractivity contribution in [1.82, 2.24) is 0 Å². The first-order chi connectivity index (χ1) is 21.7. The summed E-state index contributed by atoms with van der Waals surface area (Å²) in [6.07, 6.45) is 22.6. The van der Waals surface area contributed by atoms with Gasteiger partial charge in [-0.2, -0.15) is 13.2 Å². The van der Waals surface area contributed by atoms with Gasteiger partial charge in [-0.1, -0.05) is 56.9 Å². The first kappa shape index (κ1) is 34.7. The molecule has 1 aromatic carbocycles. The van der Waals surface area contributed by atoms with Crippen LogP contribution >= 0.6 is 0 Å². The quantitative estimate of drug-likeness (QED) is 0.137. The van der Waals surface area contributed by atoms with Crippen LogP contribution in [0.1, 0.15) is 158 Å². The second-order valence-electron chi connectivity index (χ2n) is 15.3. The van der Waals surface area contributed by atoms with Crippen LogP contribution in [0.4, 0.5) is 22.0 Å². The fraction of sp³-hybridized carbons (Fsp3) is 0.750. The average molecular weight is 633 g/mol. The molecule has 0 aromatic heterocycles. The van der Waals surface area contributed by atoms with Gasteiger partial charge < -0.3 is 0 Å². The lowest BCUT2D eigenvalue weighted by molar-refractivity contribution is -0.0821. The number of hydrogen-bond donors (Lipinski definition) is 0. The SMILES string of the molecule is CCCCCC1CCC(C=CC2CCC(c3ccc(C4CCC(C5CCC(C(F)=CC(F)(F)F)CC5)CC4)c(F)c3)CC2)CC1. The van der Waals surface area contributed by atoms with E-state index in [1.54, 1.807) is 0 Å². The number of benzene rings is 1. The third kappa shape index (κ3) is 10.2. The van der Waals surface area contributed by atoms with E-state index in [1.807, 2.05) is 6.07 Å². The van der Waals surface area contributed by atoms with Crippen molar-refractivity contribution < 1.29 is 22.0 Å². The standard InChI is InChI=1S/C40H57F5/c1-2-3-4-5-28-6-8-29(9-7-28)10-11-30-12-14-33(15-13-30)36-24-25-37(38(41)26-36)34-20-16-31(17-21-34)32-18-22-35(23-19-32)39(42)27-40(43,44)45/h10-11,24-35H,2-9,12-23H2,1H3. The fourth-order valence-corrected chi connectivity index (χ4v) is 9.48. The molecule has 0 amide bonds. The molecule has 0 spiro atoms. The van der Waals surface area contributed by atoms with E-state index in [0.29, 0.717) is 36.5 Å². The zero-order chi connectivity index (χ0) is 31.8. The van der Waals surface area contributed by atoms with Gasteiger partial charge in [-0.15, -0.1) is 0 Å². The van der Waals surface area contributed by atoms with Crippen LogP contribution in [0.5, 0.6) is 0 Å². The van der Waals surface area contributed by atoms with Crippen LogP contribution in [-0.2, 0) is 0 Å². The molecular formula is C40H57F5. The second kappa shape index (κ2) is 16.4. The van der Waals surface area contributed by atoms with Crippen LogP contribution < -0.4 is 0 Å². The van der Waals surface area contributed by atoms with Gasteiger partial charge in [-0.25, -0.2) is 8.78 Å². The van der Waals surface area contributed by atoms with Gasteiger partial charge >= 0.3 is 6.18 Å². The highest BCUT2D eigenvalue weighted by atomic mass is 19.4. The highest BCUT2D eigenvalue weighted by Crippen LogP contribution is 2.46. The van der Waals surface area contributed by atoms with Crippen LogP contribution in [0.15, 0.2) is 42.3 Å². The molecule has 1 aromatic rings. The molecule has 0 radical (unpaired) electrons. The Labute approximate surface area is 269 Å². The largest absolute Gasteiger partial charge is 0.412 e. The van der Waals surface area contributed by atoms with Crippen LogP contribution in [0.25, 0.3) is 0 Å². The van der Waals surface area contributed by atoms with Crippen LogP contribution in [0.2, 0.25) is 0 Å². The number of alkyl halides is 3. The molecule has 4 aliphatic carbocycles. The van der Waals surface area contributed by atoms with Gasteiger partial charge in [0.25, 0.3) is 0 Å². The summed E-state index contributed by atoms with van der Waals surface area (Å²) in [6.45, 7) is 2.29. The molecular weight excluding hydrogens is 575 g/mol. The van der Waals surface area contributed by atoms with E-state index in [0.717, 1.165) is 74.3 Å². The highest BCUT2D eigenvalue weighted by Gasteiger charge is 2.35. The summed E-state index contributed by atoms with van der Waals surface area (Å²) in [4.78, 5) is 0. The van der Waals surface area contributed by atoms with Crippen LogP contribution in [-0.4, -0.2) is 6.18 Å². The predicted octanol–water partition coefficient (Wildman–Crippen LogP) is 13.5. The smallest absolute Gasteiger partial charge is 0.212 e. The Balaban J connectivity index is 1.02. The van der Waals surface area contributed by atoms with E-state index in [2.05, 4.69) is 31.2 Å². The Morgan fingerprint density at radius 1 is 0.711 bits per heavy atom.